The number of likely N-dealkylation sites (N-methyl/N-ethyl adjacent to an activating group) is 1. The lowest BCUT2D eigenvalue weighted by Crippen LogP contribution is -2.18. The fourth-order valence-corrected chi connectivity index (χ4v) is 0.896. The summed E-state index contributed by atoms with van der Waals surface area (Å²) in [5.41, 5.74) is 0. The van der Waals surface area contributed by atoms with Gasteiger partial charge in [-0.25, -0.2) is 9.97 Å². The van der Waals surface area contributed by atoms with Crippen LogP contribution in [0.25, 0.3) is 0 Å². The highest BCUT2D eigenvalue weighted by atomic mass is 35.5. The molecular formula is C7H11ClN4. The molecule has 0 fully saturated rings. The van der Waals surface area contributed by atoms with Gasteiger partial charge in [0.1, 0.15) is 5.82 Å². The Kier molecular flexibility index (Phi) is 3.76. The molecule has 1 aromatic heterocycles. The molecule has 0 aliphatic carbocycles. The van der Waals surface area contributed by atoms with E-state index in [4.69, 9.17) is 11.6 Å². The molecule has 0 atom stereocenters. The van der Waals surface area contributed by atoms with Crippen LogP contribution < -0.4 is 10.6 Å². The number of nitrogens with zero attached hydrogens (tertiary/aromatic N) is 2. The molecule has 0 saturated heterocycles. The molecule has 66 valence electrons. The van der Waals surface area contributed by atoms with Gasteiger partial charge in [0.15, 0.2) is 0 Å². The Hall–Kier alpha value is -0.870. The van der Waals surface area contributed by atoms with E-state index in [9.17, 15) is 0 Å². The summed E-state index contributed by atoms with van der Waals surface area (Å²) >= 11 is 5.58. The van der Waals surface area contributed by atoms with Crippen molar-refractivity contribution in [3.8, 4) is 0 Å². The van der Waals surface area contributed by atoms with Gasteiger partial charge in [-0.05, 0) is 24.7 Å². The SMILES string of the molecule is CNCCNc1ccnc(Cl)n1. The normalized spacial score (nSPS) is 9.83. The Bertz CT molecular complexity index is 241. The maximum atomic E-state index is 5.58. The Morgan fingerprint density at radius 2 is 2.33 bits per heavy atom. The summed E-state index contributed by atoms with van der Waals surface area (Å²) in [6.07, 6.45) is 1.62. The van der Waals surface area contributed by atoms with Crippen molar-refractivity contribution in [2.75, 3.05) is 25.5 Å². The Balaban J connectivity index is 2.41. The first-order valence-corrected chi connectivity index (χ1v) is 4.08. The van der Waals surface area contributed by atoms with Crippen LogP contribution in [0.2, 0.25) is 5.28 Å². The van der Waals surface area contributed by atoms with Crippen molar-refractivity contribution < 1.29 is 0 Å². The van der Waals surface area contributed by atoms with E-state index in [0.29, 0.717) is 0 Å². The Labute approximate surface area is 76.4 Å². The van der Waals surface area contributed by atoms with Crippen LogP contribution in [0.3, 0.4) is 0 Å². The average Bonchev–Trinajstić information content (AvgIpc) is 2.05. The molecular weight excluding hydrogens is 176 g/mol. The van der Waals surface area contributed by atoms with Gasteiger partial charge in [0.05, 0.1) is 0 Å². The van der Waals surface area contributed by atoms with Crippen molar-refractivity contribution in [1.29, 1.82) is 0 Å². The maximum absolute atomic E-state index is 5.58. The van der Waals surface area contributed by atoms with E-state index < -0.39 is 0 Å². The first-order valence-electron chi connectivity index (χ1n) is 3.70. The minimum absolute atomic E-state index is 0.268. The second-order valence-electron chi connectivity index (χ2n) is 2.24. The summed E-state index contributed by atoms with van der Waals surface area (Å²) in [6.45, 7) is 1.71. The molecule has 1 aromatic rings. The maximum Gasteiger partial charge on any atom is 0.224 e. The zero-order chi connectivity index (χ0) is 8.81. The van der Waals surface area contributed by atoms with Gasteiger partial charge in [0.25, 0.3) is 0 Å². The summed E-state index contributed by atoms with van der Waals surface area (Å²) in [4.78, 5) is 7.73. The number of aromatic nitrogens is 2. The third-order valence-corrected chi connectivity index (χ3v) is 1.49. The van der Waals surface area contributed by atoms with E-state index in [-0.39, 0.29) is 5.28 Å². The number of hydrogen-bond acceptors (Lipinski definition) is 4. The molecule has 1 heterocycles. The number of halogens is 1. The standard InChI is InChI=1S/C7H11ClN4/c1-9-4-5-10-6-2-3-11-7(8)12-6/h2-3,9H,4-5H2,1H3,(H,10,11,12). The van der Waals surface area contributed by atoms with E-state index in [0.717, 1.165) is 18.9 Å². The fourth-order valence-electron chi connectivity index (χ4n) is 0.749. The zero-order valence-corrected chi connectivity index (χ0v) is 7.60. The molecule has 0 saturated carbocycles. The molecule has 4 nitrogen and oxygen atoms in total. The number of hydrogen-bond donors (Lipinski definition) is 2. The number of nitrogens with one attached hydrogen (secondary N) is 2. The molecule has 0 bridgehead atoms. The van der Waals surface area contributed by atoms with Crippen molar-refractivity contribution in [1.82, 2.24) is 15.3 Å². The summed E-state index contributed by atoms with van der Waals surface area (Å²) < 4.78 is 0. The lowest BCUT2D eigenvalue weighted by Gasteiger charge is -2.03. The van der Waals surface area contributed by atoms with Crippen molar-refractivity contribution in [3.63, 3.8) is 0 Å². The minimum Gasteiger partial charge on any atom is -0.369 e. The minimum atomic E-state index is 0.268. The quantitative estimate of drug-likeness (QED) is 0.539. The molecule has 1 rings (SSSR count). The van der Waals surface area contributed by atoms with Gasteiger partial charge in [-0.3, -0.25) is 0 Å². The lowest BCUT2D eigenvalue weighted by atomic mass is 10.5. The summed E-state index contributed by atoms with van der Waals surface area (Å²) in [5, 5.41) is 6.37. The second-order valence-corrected chi connectivity index (χ2v) is 2.58. The summed E-state index contributed by atoms with van der Waals surface area (Å²) in [7, 11) is 1.90. The highest BCUT2D eigenvalue weighted by Crippen LogP contribution is 2.04. The predicted molar refractivity (Wildman–Crippen MR) is 49.5 cm³/mol. The second kappa shape index (κ2) is 4.90. The molecule has 0 unspecified atom stereocenters. The largest absolute Gasteiger partial charge is 0.369 e. The Morgan fingerprint density at radius 3 is 3.00 bits per heavy atom. The van der Waals surface area contributed by atoms with Gasteiger partial charge >= 0.3 is 0 Å². The average molecular weight is 187 g/mol. The van der Waals surface area contributed by atoms with E-state index in [1.165, 1.54) is 0 Å². The summed E-state index contributed by atoms with van der Waals surface area (Å²) in [6, 6.07) is 1.78. The van der Waals surface area contributed by atoms with E-state index in [1.807, 2.05) is 7.05 Å². The van der Waals surface area contributed by atoms with Gasteiger partial charge in [-0.2, -0.15) is 0 Å². The van der Waals surface area contributed by atoms with Crippen molar-refractivity contribution in [2.24, 2.45) is 0 Å². The van der Waals surface area contributed by atoms with Gasteiger partial charge in [-0.1, -0.05) is 0 Å². The van der Waals surface area contributed by atoms with E-state index in [1.54, 1.807) is 12.3 Å². The third kappa shape index (κ3) is 3.02. The molecule has 0 aliphatic heterocycles. The monoisotopic (exact) mass is 186 g/mol. The van der Waals surface area contributed by atoms with Crippen LogP contribution in [0.1, 0.15) is 0 Å². The van der Waals surface area contributed by atoms with Gasteiger partial charge in [-0.15, -0.1) is 0 Å². The molecule has 0 amide bonds. The van der Waals surface area contributed by atoms with Gasteiger partial charge in [0, 0.05) is 19.3 Å². The topological polar surface area (TPSA) is 49.8 Å². The lowest BCUT2D eigenvalue weighted by molar-refractivity contribution is 0.821. The molecule has 0 spiro atoms. The highest BCUT2D eigenvalue weighted by Gasteiger charge is 1.93. The van der Waals surface area contributed by atoms with Crippen LogP contribution >= 0.6 is 11.6 Å². The van der Waals surface area contributed by atoms with Crippen molar-refractivity contribution in [3.05, 3.63) is 17.5 Å². The summed E-state index contributed by atoms with van der Waals surface area (Å²) in [5.74, 6) is 0.755. The molecule has 0 aliphatic rings. The molecule has 0 radical (unpaired) electrons. The smallest absolute Gasteiger partial charge is 0.224 e. The van der Waals surface area contributed by atoms with E-state index in [2.05, 4.69) is 20.6 Å². The van der Waals surface area contributed by atoms with Crippen LogP contribution in [0.15, 0.2) is 12.3 Å². The first kappa shape index (κ1) is 9.22. The van der Waals surface area contributed by atoms with Gasteiger partial charge in [0.2, 0.25) is 5.28 Å². The molecule has 5 heteroatoms. The third-order valence-electron chi connectivity index (χ3n) is 1.31. The number of rotatable bonds is 4. The van der Waals surface area contributed by atoms with Crippen molar-refractivity contribution in [2.45, 2.75) is 0 Å². The van der Waals surface area contributed by atoms with E-state index >= 15 is 0 Å². The van der Waals surface area contributed by atoms with Crippen molar-refractivity contribution >= 4 is 17.4 Å². The zero-order valence-electron chi connectivity index (χ0n) is 6.84. The van der Waals surface area contributed by atoms with Crippen LogP contribution in [-0.2, 0) is 0 Å². The van der Waals surface area contributed by atoms with Crippen LogP contribution in [0.5, 0.6) is 0 Å². The van der Waals surface area contributed by atoms with Crippen LogP contribution in [-0.4, -0.2) is 30.1 Å². The van der Waals surface area contributed by atoms with Crippen LogP contribution in [0.4, 0.5) is 5.82 Å². The number of anilines is 1. The van der Waals surface area contributed by atoms with Crippen LogP contribution in [0, 0.1) is 0 Å². The molecule has 12 heavy (non-hydrogen) atoms. The van der Waals surface area contributed by atoms with Gasteiger partial charge < -0.3 is 10.6 Å². The first-order chi connectivity index (χ1) is 5.83. The predicted octanol–water partition coefficient (Wildman–Crippen LogP) is 0.761. The fraction of sp³-hybridized carbons (Fsp3) is 0.429. The Morgan fingerprint density at radius 1 is 1.50 bits per heavy atom. The highest BCUT2D eigenvalue weighted by molar-refractivity contribution is 6.28. The molecule has 0 aromatic carbocycles. The molecule has 2 N–H and O–H groups in total.